The lowest BCUT2D eigenvalue weighted by atomic mass is 10.1. The van der Waals surface area contributed by atoms with E-state index in [4.69, 9.17) is 51.1 Å². The summed E-state index contributed by atoms with van der Waals surface area (Å²) < 4.78 is 5.80. The lowest BCUT2D eigenvalue weighted by Crippen LogP contribution is -1.96. The number of nitrogens with zero attached hydrogens (tertiary/aromatic N) is 1. The van der Waals surface area contributed by atoms with Crippen molar-refractivity contribution in [2.45, 2.75) is 6.61 Å². The van der Waals surface area contributed by atoms with Gasteiger partial charge in [-0.15, -0.1) is 11.3 Å². The minimum atomic E-state index is 0.242. The Morgan fingerprint density at radius 1 is 0.960 bits per heavy atom. The summed E-state index contributed by atoms with van der Waals surface area (Å²) in [5.74, 6) is 0. The molecule has 126 valence electrons. The first kappa shape index (κ1) is 18.4. The van der Waals surface area contributed by atoms with Crippen LogP contribution < -0.4 is 4.74 Å². The molecule has 2 nitrogen and oxygen atoms in total. The third-order valence-corrected chi connectivity index (χ3v) is 5.69. The average molecular weight is 429 g/mol. The van der Waals surface area contributed by atoms with E-state index >= 15 is 0 Å². The second-order valence-corrected chi connectivity index (χ2v) is 7.58. The lowest BCUT2D eigenvalue weighted by molar-refractivity contribution is 0.315. The van der Waals surface area contributed by atoms with E-state index in [9.17, 15) is 5.26 Å². The zero-order valence-electron chi connectivity index (χ0n) is 12.5. The predicted octanol–water partition coefficient (Wildman–Crippen LogP) is 7.48. The zero-order valence-corrected chi connectivity index (χ0v) is 16.4. The maximum absolute atomic E-state index is 9.54. The van der Waals surface area contributed by atoms with Gasteiger partial charge in [-0.2, -0.15) is 5.26 Å². The lowest BCUT2D eigenvalue weighted by Gasteiger charge is -2.07. The molecule has 1 aromatic heterocycles. The molecule has 7 heteroatoms. The number of ether oxygens (including phenoxy) is 1. The van der Waals surface area contributed by atoms with E-state index in [0.29, 0.717) is 30.7 Å². The molecule has 0 fully saturated rings. The van der Waals surface area contributed by atoms with E-state index in [1.165, 1.54) is 11.3 Å². The summed E-state index contributed by atoms with van der Waals surface area (Å²) in [5, 5.41) is 13.9. The maximum atomic E-state index is 9.54. The summed E-state index contributed by atoms with van der Waals surface area (Å²) in [4.78, 5) is 0. The van der Waals surface area contributed by atoms with Crippen LogP contribution in [0.25, 0.3) is 11.1 Å². The molecular formula is C18H9Cl4NOS. The Bertz CT molecular complexity index is 978. The molecule has 3 aromatic rings. The first-order valence-electron chi connectivity index (χ1n) is 7.03. The standard InChI is InChI=1S/C18H9Cl4NOS/c19-12-3-1-11(16(21)6-12)8-24-18-13(7-23)14(9-25-18)10-2-4-15(20)17(22)5-10/h1-6,9H,8H2. The number of thiophene rings is 1. The van der Waals surface area contributed by atoms with E-state index in [1.54, 1.807) is 30.3 Å². The van der Waals surface area contributed by atoms with Gasteiger partial charge in [0.05, 0.1) is 10.0 Å². The Morgan fingerprint density at radius 3 is 2.44 bits per heavy atom. The highest BCUT2D eigenvalue weighted by atomic mass is 35.5. The number of hydrogen-bond acceptors (Lipinski definition) is 3. The van der Waals surface area contributed by atoms with Crippen molar-refractivity contribution in [3.8, 4) is 22.3 Å². The van der Waals surface area contributed by atoms with Gasteiger partial charge in [0.15, 0.2) is 5.06 Å². The Hall–Kier alpha value is -1.41. The van der Waals surface area contributed by atoms with Crippen molar-refractivity contribution in [2.24, 2.45) is 0 Å². The van der Waals surface area contributed by atoms with Gasteiger partial charge in [-0.1, -0.05) is 58.5 Å². The molecule has 0 aliphatic heterocycles. The Morgan fingerprint density at radius 2 is 1.76 bits per heavy atom. The molecule has 0 amide bonds. The highest BCUT2D eigenvalue weighted by Crippen LogP contribution is 2.39. The Labute approximate surface area is 169 Å². The summed E-state index contributed by atoms with van der Waals surface area (Å²) in [6, 6.07) is 12.6. The van der Waals surface area contributed by atoms with E-state index in [0.717, 1.165) is 16.7 Å². The molecule has 0 aliphatic rings. The normalized spacial score (nSPS) is 10.5. The highest BCUT2D eigenvalue weighted by molar-refractivity contribution is 7.12. The van der Waals surface area contributed by atoms with Crippen molar-refractivity contribution < 1.29 is 4.74 Å². The van der Waals surface area contributed by atoms with Crippen LogP contribution in [-0.4, -0.2) is 0 Å². The maximum Gasteiger partial charge on any atom is 0.192 e. The van der Waals surface area contributed by atoms with Crippen LogP contribution in [-0.2, 0) is 6.61 Å². The number of nitriles is 1. The van der Waals surface area contributed by atoms with Crippen molar-refractivity contribution in [3.63, 3.8) is 0 Å². The Balaban J connectivity index is 1.87. The summed E-state index contributed by atoms with van der Waals surface area (Å²) in [6.45, 7) is 0.242. The first-order valence-corrected chi connectivity index (χ1v) is 9.42. The second-order valence-electron chi connectivity index (χ2n) is 5.08. The van der Waals surface area contributed by atoms with Crippen LogP contribution >= 0.6 is 57.7 Å². The van der Waals surface area contributed by atoms with E-state index < -0.39 is 0 Å². The fraction of sp³-hybridized carbons (Fsp3) is 0.0556. The Kier molecular flexibility index (Phi) is 5.78. The van der Waals surface area contributed by atoms with E-state index in [-0.39, 0.29) is 6.61 Å². The fourth-order valence-electron chi connectivity index (χ4n) is 2.21. The van der Waals surface area contributed by atoms with Gasteiger partial charge in [0.25, 0.3) is 0 Å². The molecule has 0 saturated heterocycles. The van der Waals surface area contributed by atoms with Gasteiger partial charge in [-0.05, 0) is 29.8 Å². The molecule has 0 radical (unpaired) electrons. The first-order chi connectivity index (χ1) is 12.0. The van der Waals surface area contributed by atoms with Gasteiger partial charge in [0, 0.05) is 26.6 Å². The van der Waals surface area contributed by atoms with Crippen LogP contribution in [0.3, 0.4) is 0 Å². The fourth-order valence-corrected chi connectivity index (χ4v) is 3.85. The minimum Gasteiger partial charge on any atom is -0.478 e. The quantitative estimate of drug-likeness (QED) is 0.431. The molecule has 0 aliphatic carbocycles. The van der Waals surface area contributed by atoms with E-state index in [2.05, 4.69) is 6.07 Å². The summed E-state index contributed by atoms with van der Waals surface area (Å²) in [7, 11) is 0. The van der Waals surface area contributed by atoms with Crippen molar-refractivity contribution >= 4 is 57.7 Å². The zero-order chi connectivity index (χ0) is 18.0. The summed E-state index contributed by atoms with van der Waals surface area (Å²) >= 11 is 25.4. The van der Waals surface area contributed by atoms with Crippen LogP contribution in [0.5, 0.6) is 5.06 Å². The minimum absolute atomic E-state index is 0.242. The molecule has 2 aromatic carbocycles. The average Bonchev–Trinajstić information content (AvgIpc) is 2.99. The van der Waals surface area contributed by atoms with Crippen molar-refractivity contribution in [2.75, 3.05) is 0 Å². The van der Waals surface area contributed by atoms with Crippen LogP contribution in [0, 0.1) is 11.3 Å². The molecule has 0 unspecified atom stereocenters. The van der Waals surface area contributed by atoms with Crippen molar-refractivity contribution in [1.29, 1.82) is 5.26 Å². The highest BCUT2D eigenvalue weighted by Gasteiger charge is 2.16. The van der Waals surface area contributed by atoms with Gasteiger partial charge in [0.2, 0.25) is 0 Å². The third kappa shape index (κ3) is 4.06. The van der Waals surface area contributed by atoms with Gasteiger partial charge in [0.1, 0.15) is 18.2 Å². The second kappa shape index (κ2) is 7.86. The molecule has 25 heavy (non-hydrogen) atoms. The monoisotopic (exact) mass is 427 g/mol. The number of halogens is 4. The molecular weight excluding hydrogens is 420 g/mol. The van der Waals surface area contributed by atoms with E-state index in [1.807, 2.05) is 11.4 Å². The molecule has 0 spiro atoms. The SMILES string of the molecule is N#Cc1c(-c2ccc(Cl)c(Cl)c2)csc1OCc1ccc(Cl)cc1Cl. The largest absolute Gasteiger partial charge is 0.478 e. The van der Waals surface area contributed by atoms with Crippen molar-refractivity contribution in [1.82, 2.24) is 0 Å². The summed E-state index contributed by atoms with van der Waals surface area (Å²) in [6.07, 6.45) is 0. The van der Waals surface area contributed by atoms with Crippen molar-refractivity contribution in [3.05, 3.63) is 73.0 Å². The molecule has 0 atom stereocenters. The van der Waals surface area contributed by atoms with Gasteiger partial charge < -0.3 is 4.74 Å². The molecule has 3 rings (SSSR count). The van der Waals surface area contributed by atoms with Crippen LogP contribution in [0.1, 0.15) is 11.1 Å². The van der Waals surface area contributed by atoms with Gasteiger partial charge >= 0.3 is 0 Å². The molecule has 1 heterocycles. The summed E-state index contributed by atoms with van der Waals surface area (Å²) in [5.41, 5.74) is 2.80. The molecule has 0 saturated carbocycles. The van der Waals surface area contributed by atoms with Crippen LogP contribution in [0.15, 0.2) is 41.8 Å². The number of rotatable bonds is 4. The number of benzene rings is 2. The van der Waals surface area contributed by atoms with Gasteiger partial charge in [-0.3, -0.25) is 0 Å². The smallest absolute Gasteiger partial charge is 0.192 e. The van der Waals surface area contributed by atoms with Crippen LogP contribution in [0.2, 0.25) is 20.1 Å². The third-order valence-electron chi connectivity index (χ3n) is 3.47. The topological polar surface area (TPSA) is 33.0 Å². The molecule has 0 N–H and O–H groups in total. The van der Waals surface area contributed by atoms with Crippen LogP contribution in [0.4, 0.5) is 0 Å². The number of hydrogen-bond donors (Lipinski definition) is 0. The molecule has 0 bridgehead atoms. The van der Waals surface area contributed by atoms with Gasteiger partial charge in [-0.25, -0.2) is 0 Å². The predicted molar refractivity (Wildman–Crippen MR) is 105 cm³/mol.